The number of aromatic nitrogens is 1. The van der Waals surface area contributed by atoms with Gasteiger partial charge in [0.1, 0.15) is 5.69 Å². The van der Waals surface area contributed by atoms with Gasteiger partial charge in [-0.15, -0.1) is 11.3 Å². The van der Waals surface area contributed by atoms with Crippen LogP contribution in [0.4, 0.5) is 5.69 Å². The van der Waals surface area contributed by atoms with E-state index in [1.807, 2.05) is 12.3 Å². The molecule has 27 heavy (non-hydrogen) atoms. The molecule has 2 bridgehead atoms. The van der Waals surface area contributed by atoms with Gasteiger partial charge in [-0.1, -0.05) is 0 Å². The zero-order valence-electron chi connectivity index (χ0n) is 16.7. The summed E-state index contributed by atoms with van der Waals surface area (Å²) in [5.41, 5.74) is 1.74. The molecule has 0 saturated carbocycles. The summed E-state index contributed by atoms with van der Waals surface area (Å²) in [6, 6.07) is 3.05. The van der Waals surface area contributed by atoms with Gasteiger partial charge in [0.25, 0.3) is 5.91 Å². The molecule has 1 atom stereocenters. The first-order valence-electron chi connectivity index (χ1n) is 10.1. The molecule has 1 amide bonds. The minimum absolute atomic E-state index is 0.0338. The summed E-state index contributed by atoms with van der Waals surface area (Å²) >= 11 is 1.70. The zero-order valence-corrected chi connectivity index (χ0v) is 17.6. The number of amides is 1. The largest absolute Gasteiger partial charge is 0.366 e. The first-order valence-corrected chi connectivity index (χ1v) is 11.0. The van der Waals surface area contributed by atoms with Crippen molar-refractivity contribution in [2.45, 2.75) is 58.7 Å². The molecular weight excluding hydrogens is 356 g/mol. The highest BCUT2D eigenvalue weighted by Crippen LogP contribution is 2.35. The van der Waals surface area contributed by atoms with Crippen molar-refractivity contribution in [3.05, 3.63) is 23.3 Å². The van der Waals surface area contributed by atoms with Crippen LogP contribution in [-0.4, -0.2) is 53.6 Å². The number of pyridine rings is 1. The summed E-state index contributed by atoms with van der Waals surface area (Å²) in [4.78, 5) is 22.2. The van der Waals surface area contributed by atoms with Crippen molar-refractivity contribution in [1.29, 1.82) is 0 Å². The van der Waals surface area contributed by atoms with E-state index in [1.54, 1.807) is 11.3 Å². The maximum atomic E-state index is 12.9. The van der Waals surface area contributed by atoms with Crippen molar-refractivity contribution < 1.29 is 4.79 Å². The molecule has 0 radical (unpaired) electrons. The third kappa shape index (κ3) is 3.57. The van der Waals surface area contributed by atoms with Gasteiger partial charge < -0.3 is 15.1 Å². The summed E-state index contributed by atoms with van der Waals surface area (Å²) in [5, 5.41) is 6.60. The Morgan fingerprint density at radius 1 is 1.26 bits per heavy atom. The van der Waals surface area contributed by atoms with Crippen LogP contribution in [0.5, 0.6) is 0 Å². The molecule has 5 nitrogen and oxygen atoms in total. The maximum absolute atomic E-state index is 12.9. The molecule has 1 N–H and O–H groups in total. The van der Waals surface area contributed by atoms with Crippen LogP contribution in [0.25, 0.3) is 10.1 Å². The highest BCUT2D eigenvalue weighted by Gasteiger charge is 2.35. The first-order chi connectivity index (χ1) is 12.9. The highest BCUT2D eigenvalue weighted by atomic mass is 32.1. The second-order valence-corrected chi connectivity index (χ2v) is 9.41. The molecule has 6 heteroatoms. The number of rotatable bonds is 5. The van der Waals surface area contributed by atoms with Crippen molar-refractivity contribution in [2.24, 2.45) is 5.92 Å². The van der Waals surface area contributed by atoms with E-state index in [2.05, 4.69) is 53.2 Å². The molecule has 5 heterocycles. The van der Waals surface area contributed by atoms with Gasteiger partial charge in [0, 0.05) is 41.6 Å². The monoisotopic (exact) mass is 386 g/mol. The van der Waals surface area contributed by atoms with Gasteiger partial charge in [0.05, 0.1) is 10.4 Å². The average Bonchev–Trinajstić information content (AvgIpc) is 3.05. The minimum Gasteiger partial charge on any atom is -0.366 e. The van der Waals surface area contributed by atoms with Gasteiger partial charge in [-0.3, -0.25) is 4.79 Å². The molecule has 3 aliphatic heterocycles. The SMILES string of the molecule is CC(C)N(c1csc2cnc(C(=O)N[C@H]3CN4CCC3CC4)cc12)C(C)C. The first kappa shape index (κ1) is 18.7. The molecular formula is C21H30N4OS. The third-order valence-electron chi connectivity index (χ3n) is 6.04. The Kier molecular flexibility index (Phi) is 5.12. The van der Waals surface area contributed by atoms with Gasteiger partial charge in [-0.25, -0.2) is 4.98 Å². The predicted molar refractivity (Wildman–Crippen MR) is 113 cm³/mol. The van der Waals surface area contributed by atoms with E-state index in [9.17, 15) is 4.79 Å². The van der Waals surface area contributed by atoms with Crippen molar-refractivity contribution in [2.75, 3.05) is 24.5 Å². The number of hydrogen-bond acceptors (Lipinski definition) is 5. The summed E-state index contributed by atoms with van der Waals surface area (Å²) in [6.45, 7) is 12.2. The molecule has 0 aromatic carbocycles. The van der Waals surface area contributed by atoms with Crippen molar-refractivity contribution in [1.82, 2.24) is 15.2 Å². The number of anilines is 1. The van der Waals surface area contributed by atoms with Crippen molar-refractivity contribution in [3.8, 4) is 0 Å². The van der Waals surface area contributed by atoms with E-state index in [-0.39, 0.29) is 11.9 Å². The Morgan fingerprint density at radius 2 is 1.96 bits per heavy atom. The topological polar surface area (TPSA) is 48.5 Å². The molecule has 5 rings (SSSR count). The van der Waals surface area contributed by atoms with Gasteiger partial charge in [0.15, 0.2) is 0 Å². The van der Waals surface area contributed by atoms with Crippen LogP contribution in [0.3, 0.4) is 0 Å². The van der Waals surface area contributed by atoms with Crippen LogP contribution >= 0.6 is 11.3 Å². The second-order valence-electron chi connectivity index (χ2n) is 8.50. The molecule has 3 aliphatic rings. The molecule has 2 aromatic heterocycles. The predicted octanol–water partition coefficient (Wildman–Crippen LogP) is 3.74. The number of piperidine rings is 3. The molecule has 0 aliphatic carbocycles. The maximum Gasteiger partial charge on any atom is 0.270 e. The molecule has 2 aromatic rings. The number of hydrogen-bond donors (Lipinski definition) is 1. The Bertz CT molecular complexity index is 815. The fourth-order valence-corrected chi connectivity index (χ4v) is 5.66. The standard InChI is InChI=1S/C21H30N4OS/c1-13(2)25(14(3)4)19-12-27-20-10-22-17(9-16(19)20)21(26)23-18-11-24-7-5-15(18)6-8-24/h9-10,12-15,18H,5-8,11H2,1-4H3,(H,23,26)/t18-/m0/s1. The lowest BCUT2D eigenvalue weighted by Crippen LogP contribution is -2.57. The van der Waals surface area contributed by atoms with Crippen LogP contribution < -0.4 is 10.2 Å². The molecule has 146 valence electrons. The lowest BCUT2D eigenvalue weighted by atomic mass is 9.84. The van der Waals surface area contributed by atoms with E-state index in [4.69, 9.17) is 0 Å². The summed E-state index contributed by atoms with van der Waals surface area (Å²) < 4.78 is 1.13. The Labute approximate surface area is 165 Å². The van der Waals surface area contributed by atoms with E-state index < -0.39 is 0 Å². The number of thiophene rings is 1. The quantitative estimate of drug-likeness (QED) is 0.850. The molecule has 3 saturated heterocycles. The number of nitrogens with zero attached hydrogens (tertiary/aromatic N) is 3. The summed E-state index contributed by atoms with van der Waals surface area (Å²) in [6.07, 6.45) is 4.25. The smallest absolute Gasteiger partial charge is 0.270 e. The Balaban J connectivity index is 1.59. The number of nitrogens with one attached hydrogen (secondary N) is 1. The van der Waals surface area contributed by atoms with E-state index >= 15 is 0 Å². The fourth-order valence-electron chi connectivity index (χ4n) is 4.77. The van der Waals surface area contributed by atoms with Crippen LogP contribution in [0.2, 0.25) is 0 Å². The minimum atomic E-state index is -0.0338. The van der Waals surface area contributed by atoms with Gasteiger partial charge in [0.2, 0.25) is 0 Å². The van der Waals surface area contributed by atoms with Crippen LogP contribution in [-0.2, 0) is 0 Å². The van der Waals surface area contributed by atoms with Crippen LogP contribution in [0.1, 0.15) is 51.0 Å². The van der Waals surface area contributed by atoms with E-state index in [0.29, 0.717) is 23.7 Å². The lowest BCUT2D eigenvalue weighted by Gasteiger charge is -2.44. The fraction of sp³-hybridized carbons (Fsp3) is 0.619. The van der Waals surface area contributed by atoms with E-state index in [1.165, 1.54) is 31.6 Å². The van der Waals surface area contributed by atoms with Crippen molar-refractivity contribution >= 4 is 33.0 Å². The highest BCUT2D eigenvalue weighted by molar-refractivity contribution is 7.17. The second kappa shape index (κ2) is 7.40. The van der Waals surface area contributed by atoms with E-state index in [0.717, 1.165) is 16.6 Å². The number of fused-ring (bicyclic) bond motifs is 4. The van der Waals surface area contributed by atoms with Gasteiger partial charge >= 0.3 is 0 Å². The third-order valence-corrected chi connectivity index (χ3v) is 6.96. The van der Waals surface area contributed by atoms with Crippen molar-refractivity contribution in [3.63, 3.8) is 0 Å². The average molecular weight is 387 g/mol. The van der Waals surface area contributed by atoms with Gasteiger partial charge in [-0.05, 0) is 65.6 Å². The van der Waals surface area contributed by atoms with Gasteiger partial charge in [-0.2, -0.15) is 0 Å². The Morgan fingerprint density at radius 3 is 2.56 bits per heavy atom. The van der Waals surface area contributed by atoms with Crippen LogP contribution in [0, 0.1) is 5.92 Å². The lowest BCUT2D eigenvalue weighted by molar-refractivity contribution is 0.0618. The normalized spacial score (nSPS) is 24.7. The molecule has 3 fully saturated rings. The van der Waals surface area contributed by atoms with Crippen LogP contribution in [0.15, 0.2) is 17.6 Å². The zero-order chi connectivity index (χ0) is 19.1. The summed E-state index contributed by atoms with van der Waals surface area (Å²) in [7, 11) is 0. The molecule has 0 unspecified atom stereocenters. The summed E-state index contributed by atoms with van der Waals surface area (Å²) in [5.74, 6) is 0.588. The number of carbonyl (C=O) groups is 1. The molecule has 0 spiro atoms. The Hall–Kier alpha value is -1.66. The number of carbonyl (C=O) groups excluding carboxylic acids is 1.